The van der Waals surface area contributed by atoms with Crippen molar-refractivity contribution in [2.75, 3.05) is 24.9 Å². The van der Waals surface area contributed by atoms with Crippen LogP contribution in [0.1, 0.15) is 18.4 Å². The first-order valence-corrected chi connectivity index (χ1v) is 7.91. The number of benzene rings is 1. The fraction of sp³-hybridized carbons (Fsp3) is 0.333. The van der Waals surface area contributed by atoms with Gasteiger partial charge in [0.15, 0.2) is 11.5 Å². The molecule has 1 aromatic carbocycles. The normalized spacial score (nSPS) is 13.2. The van der Waals surface area contributed by atoms with Crippen molar-refractivity contribution in [2.24, 2.45) is 0 Å². The number of carbonyl (C=O) groups is 1. The summed E-state index contributed by atoms with van der Waals surface area (Å²) in [6, 6.07) is 9.74. The quantitative estimate of drug-likeness (QED) is 0.818. The predicted octanol–water partition coefficient (Wildman–Crippen LogP) is 2.85. The highest BCUT2D eigenvalue weighted by Crippen LogP contribution is 2.28. The third kappa shape index (κ3) is 4.16. The molecule has 0 unspecified atom stereocenters. The Balaban J connectivity index is 1.58. The van der Waals surface area contributed by atoms with E-state index in [0.717, 1.165) is 11.4 Å². The Bertz CT molecular complexity index is 712. The highest BCUT2D eigenvalue weighted by atomic mass is 16.5. The van der Waals surface area contributed by atoms with E-state index in [9.17, 15) is 4.79 Å². The summed E-state index contributed by atoms with van der Waals surface area (Å²) in [5, 5.41) is 6.16. The third-order valence-electron chi connectivity index (χ3n) is 3.79. The second kappa shape index (κ2) is 7.21. The number of amides is 1. The van der Waals surface area contributed by atoms with Gasteiger partial charge >= 0.3 is 0 Å². The van der Waals surface area contributed by atoms with Gasteiger partial charge in [-0.05, 0) is 42.7 Å². The van der Waals surface area contributed by atoms with Crippen molar-refractivity contribution < 1.29 is 14.3 Å². The fourth-order valence-corrected chi connectivity index (χ4v) is 2.37. The molecule has 6 nitrogen and oxygen atoms in total. The average Bonchev–Trinajstić information content (AvgIpc) is 3.40. The smallest absolute Gasteiger partial charge is 0.228 e. The third-order valence-corrected chi connectivity index (χ3v) is 3.79. The van der Waals surface area contributed by atoms with Gasteiger partial charge < -0.3 is 20.1 Å². The van der Waals surface area contributed by atoms with Crippen molar-refractivity contribution in [3.8, 4) is 11.5 Å². The van der Waals surface area contributed by atoms with Crippen molar-refractivity contribution >= 4 is 17.4 Å². The molecule has 3 rings (SSSR count). The van der Waals surface area contributed by atoms with E-state index in [1.807, 2.05) is 18.2 Å². The summed E-state index contributed by atoms with van der Waals surface area (Å²) in [6.45, 7) is 0. The second-order valence-electron chi connectivity index (χ2n) is 5.77. The number of rotatable bonds is 7. The van der Waals surface area contributed by atoms with Crippen molar-refractivity contribution in [2.45, 2.75) is 25.3 Å². The second-order valence-corrected chi connectivity index (χ2v) is 5.77. The molecule has 0 radical (unpaired) electrons. The first-order chi connectivity index (χ1) is 11.7. The molecular weight excluding hydrogens is 306 g/mol. The largest absolute Gasteiger partial charge is 0.493 e. The minimum Gasteiger partial charge on any atom is -0.493 e. The van der Waals surface area contributed by atoms with E-state index >= 15 is 0 Å². The van der Waals surface area contributed by atoms with Crippen LogP contribution >= 0.6 is 0 Å². The van der Waals surface area contributed by atoms with E-state index in [2.05, 4.69) is 15.6 Å². The maximum atomic E-state index is 12.2. The Kier molecular flexibility index (Phi) is 4.84. The van der Waals surface area contributed by atoms with Gasteiger partial charge in [0.1, 0.15) is 5.82 Å². The van der Waals surface area contributed by atoms with Crippen LogP contribution in [0.4, 0.5) is 11.5 Å². The molecule has 6 heteroatoms. The first-order valence-electron chi connectivity index (χ1n) is 7.91. The molecule has 1 heterocycles. The van der Waals surface area contributed by atoms with Gasteiger partial charge in [-0.2, -0.15) is 0 Å². The fourth-order valence-electron chi connectivity index (χ4n) is 2.37. The molecule has 0 atom stereocenters. The van der Waals surface area contributed by atoms with E-state index < -0.39 is 0 Å². The number of hydrogen-bond acceptors (Lipinski definition) is 5. The molecule has 2 aromatic rings. The zero-order valence-corrected chi connectivity index (χ0v) is 13.8. The molecule has 1 amide bonds. The summed E-state index contributed by atoms with van der Waals surface area (Å²) in [4.78, 5) is 16.5. The summed E-state index contributed by atoms with van der Waals surface area (Å²) in [7, 11) is 3.16. The lowest BCUT2D eigenvalue weighted by atomic mass is 10.1. The van der Waals surface area contributed by atoms with Crippen molar-refractivity contribution in [1.82, 2.24) is 4.98 Å². The maximum absolute atomic E-state index is 12.2. The molecule has 0 bridgehead atoms. The molecule has 1 aliphatic rings. The number of nitrogens with one attached hydrogen (secondary N) is 2. The topological polar surface area (TPSA) is 72.5 Å². The zero-order valence-electron chi connectivity index (χ0n) is 13.8. The standard InChI is InChI=1S/C18H21N3O3/c1-23-15-7-3-12(9-16(15)24-2)10-18(22)21-14-6-8-17(19-11-14)20-13-4-5-13/h3,6-9,11,13H,4-5,10H2,1-2H3,(H,19,20)(H,21,22). The molecule has 0 aliphatic heterocycles. The number of pyridine rings is 1. The van der Waals surface area contributed by atoms with Gasteiger partial charge in [0.25, 0.3) is 0 Å². The molecule has 1 aromatic heterocycles. The van der Waals surface area contributed by atoms with Crippen molar-refractivity contribution in [3.05, 3.63) is 42.1 Å². The predicted molar refractivity (Wildman–Crippen MR) is 92.8 cm³/mol. The molecule has 1 fully saturated rings. The van der Waals surface area contributed by atoms with E-state index in [0.29, 0.717) is 23.2 Å². The average molecular weight is 327 g/mol. The van der Waals surface area contributed by atoms with E-state index in [-0.39, 0.29) is 12.3 Å². The Morgan fingerprint density at radius 1 is 1.17 bits per heavy atom. The molecule has 1 saturated carbocycles. The summed E-state index contributed by atoms with van der Waals surface area (Å²) >= 11 is 0. The van der Waals surface area contributed by atoms with Crippen molar-refractivity contribution in [1.29, 1.82) is 0 Å². The highest BCUT2D eigenvalue weighted by Gasteiger charge is 2.21. The lowest BCUT2D eigenvalue weighted by molar-refractivity contribution is -0.115. The van der Waals surface area contributed by atoms with Crippen LogP contribution in [0.3, 0.4) is 0 Å². The van der Waals surface area contributed by atoms with Crippen LogP contribution in [0.5, 0.6) is 11.5 Å². The van der Waals surface area contributed by atoms with E-state index in [4.69, 9.17) is 9.47 Å². The van der Waals surface area contributed by atoms with Crippen LogP contribution in [0.2, 0.25) is 0 Å². The molecule has 126 valence electrons. The van der Waals surface area contributed by atoms with Gasteiger partial charge in [0.2, 0.25) is 5.91 Å². The van der Waals surface area contributed by atoms with Gasteiger partial charge in [0.05, 0.1) is 32.5 Å². The summed E-state index contributed by atoms with van der Waals surface area (Å²) in [5.74, 6) is 1.99. The number of hydrogen-bond donors (Lipinski definition) is 2. The molecule has 0 spiro atoms. The van der Waals surface area contributed by atoms with E-state index in [1.54, 1.807) is 32.5 Å². The lowest BCUT2D eigenvalue weighted by Gasteiger charge is -2.10. The number of methoxy groups -OCH3 is 2. The maximum Gasteiger partial charge on any atom is 0.228 e. The van der Waals surface area contributed by atoms with Gasteiger partial charge in [-0.3, -0.25) is 4.79 Å². The van der Waals surface area contributed by atoms with Gasteiger partial charge in [-0.1, -0.05) is 6.07 Å². The van der Waals surface area contributed by atoms with Crippen LogP contribution in [0, 0.1) is 0 Å². The molecule has 1 aliphatic carbocycles. The number of nitrogens with zero attached hydrogens (tertiary/aromatic N) is 1. The van der Waals surface area contributed by atoms with E-state index in [1.165, 1.54) is 12.8 Å². The lowest BCUT2D eigenvalue weighted by Crippen LogP contribution is -2.14. The molecule has 0 saturated heterocycles. The summed E-state index contributed by atoms with van der Waals surface area (Å²) < 4.78 is 10.4. The Labute approximate surface area is 141 Å². The van der Waals surface area contributed by atoms with Gasteiger partial charge in [0, 0.05) is 6.04 Å². The van der Waals surface area contributed by atoms with Crippen molar-refractivity contribution in [3.63, 3.8) is 0 Å². The molecular formula is C18H21N3O3. The van der Waals surface area contributed by atoms with Crippen LogP contribution < -0.4 is 20.1 Å². The minimum absolute atomic E-state index is 0.105. The molecule has 2 N–H and O–H groups in total. The Hall–Kier alpha value is -2.76. The first kappa shape index (κ1) is 16.1. The van der Waals surface area contributed by atoms with Gasteiger partial charge in [-0.25, -0.2) is 4.98 Å². The molecule has 24 heavy (non-hydrogen) atoms. The highest BCUT2D eigenvalue weighted by molar-refractivity contribution is 5.92. The monoisotopic (exact) mass is 327 g/mol. The SMILES string of the molecule is COc1ccc(CC(=O)Nc2ccc(NC3CC3)nc2)cc1OC. The number of ether oxygens (including phenoxy) is 2. The summed E-state index contributed by atoms with van der Waals surface area (Å²) in [6.07, 6.45) is 4.32. The van der Waals surface area contributed by atoms with Crippen LogP contribution in [-0.2, 0) is 11.2 Å². The number of aromatic nitrogens is 1. The number of carbonyl (C=O) groups excluding carboxylic acids is 1. The Morgan fingerprint density at radius 2 is 1.96 bits per heavy atom. The van der Waals surface area contributed by atoms with Crippen LogP contribution in [0.25, 0.3) is 0 Å². The van der Waals surface area contributed by atoms with Crippen LogP contribution in [-0.4, -0.2) is 31.2 Å². The zero-order chi connectivity index (χ0) is 16.9. The van der Waals surface area contributed by atoms with Crippen LogP contribution in [0.15, 0.2) is 36.5 Å². The number of anilines is 2. The minimum atomic E-state index is -0.105. The Morgan fingerprint density at radius 3 is 2.58 bits per heavy atom. The summed E-state index contributed by atoms with van der Waals surface area (Å²) in [5.41, 5.74) is 1.53. The van der Waals surface area contributed by atoms with Gasteiger partial charge in [-0.15, -0.1) is 0 Å².